The Morgan fingerprint density at radius 2 is 2.18 bits per heavy atom. The Hall–Kier alpha value is -0.660. The molecule has 0 aromatic rings. The van der Waals surface area contributed by atoms with Gasteiger partial charge in [-0.15, -0.1) is 0 Å². The normalized spacial score (nSPS) is 33.6. The molecule has 0 unspecified atom stereocenters. The second-order valence-electron chi connectivity index (χ2n) is 4.75. The molecule has 0 saturated carbocycles. The van der Waals surface area contributed by atoms with Crippen LogP contribution in [0.2, 0.25) is 0 Å². The summed E-state index contributed by atoms with van der Waals surface area (Å²) in [6, 6.07) is 0. The maximum Gasteiger partial charge on any atom is 0.222 e. The molecule has 3 atom stereocenters. The van der Waals surface area contributed by atoms with Crippen molar-refractivity contribution in [2.75, 3.05) is 26.4 Å². The zero-order valence-corrected chi connectivity index (χ0v) is 10.9. The van der Waals surface area contributed by atoms with E-state index in [2.05, 4.69) is 5.32 Å². The van der Waals surface area contributed by atoms with Gasteiger partial charge in [-0.2, -0.15) is 4.31 Å². The number of sulfonamides is 1. The highest BCUT2D eigenvalue weighted by molar-refractivity contribution is 7.88. The van der Waals surface area contributed by atoms with E-state index in [1.807, 2.05) is 0 Å². The molecule has 2 saturated heterocycles. The average molecular weight is 262 g/mol. The van der Waals surface area contributed by atoms with Crippen molar-refractivity contribution in [3.63, 3.8) is 0 Å². The van der Waals surface area contributed by atoms with Gasteiger partial charge < -0.3 is 10.1 Å². The Morgan fingerprint density at radius 3 is 2.71 bits per heavy atom. The monoisotopic (exact) mass is 262 g/mol. The van der Waals surface area contributed by atoms with Gasteiger partial charge in [0.1, 0.15) is 0 Å². The first-order chi connectivity index (χ1) is 7.90. The molecule has 0 aromatic carbocycles. The van der Waals surface area contributed by atoms with Gasteiger partial charge in [-0.05, 0) is 6.42 Å². The fraction of sp³-hybridized carbons (Fsp3) is 0.900. The van der Waals surface area contributed by atoms with E-state index in [9.17, 15) is 13.2 Å². The fourth-order valence-electron chi connectivity index (χ4n) is 2.54. The van der Waals surface area contributed by atoms with Crippen LogP contribution in [-0.2, 0) is 19.6 Å². The predicted octanol–water partition coefficient (Wildman–Crippen LogP) is -0.829. The standard InChI is InChI=1S/C10H18N2O4S/c1-11-10(13)4-8-3-7-5-12(17(2,14)15)6-9(7)16-8/h7-9H,3-6H2,1-2H3,(H,11,13)/t7-,8+,9+/m1/s1. The molecule has 1 amide bonds. The van der Waals surface area contributed by atoms with E-state index < -0.39 is 10.0 Å². The predicted molar refractivity (Wildman–Crippen MR) is 61.9 cm³/mol. The minimum absolute atomic E-state index is 0.0325. The molecule has 0 radical (unpaired) electrons. The lowest BCUT2D eigenvalue weighted by atomic mass is 10.0. The Kier molecular flexibility index (Phi) is 3.42. The first-order valence-corrected chi connectivity index (χ1v) is 7.56. The number of fused-ring (bicyclic) bond motifs is 1. The minimum atomic E-state index is -3.12. The number of ether oxygens (including phenoxy) is 1. The summed E-state index contributed by atoms with van der Waals surface area (Å²) >= 11 is 0. The van der Waals surface area contributed by atoms with Crippen LogP contribution in [0.4, 0.5) is 0 Å². The van der Waals surface area contributed by atoms with Crippen LogP contribution in [0.3, 0.4) is 0 Å². The van der Waals surface area contributed by atoms with E-state index in [1.165, 1.54) is 10.6 Å². The minimum Gasteiger partial charge on any atom is -0.373 e. The molecule has 1 N–H and O–H groups in total. The third-order valence-electron chi connectivity index (χ3n) is 3.44. The number of nitrogens with one attached hydrogen (secondary N) is 1. The number of hydrogen-bond acceptors (Lipinski definition) is 4. The van der Waals surface area contributed by atoms with E-state index in [-0.39, 0.29) is 24.0 Å². The summed E-state index contributed by atoms with van der Waals surface area (Å²) in [5, 5.41) is 2.57. The van der Waals surface area contributed by atoms with Crippen molar-refractivity contribution in [1.29, 1.82) is 0 Å². The van der Waals surface area contributed by atoms with Gasteiger partial charge in [0.25, 0.3) is 0 Å². The Bertz CT molecular complexity index is 395. The summed E-state index contributed by atoms with van der Waals surface area (Å²) in [6.07, 6.45) is 2.24. The summed E-state index contributed by atoms with van der Waals surface area (Å²) < 4.78 is 29.9. The number of carbonyl (C=O) groups excluding carboxylic acids is 1. The van der Waals surface area contributed by atoms with Crippen LogP contribution in [0.1, 0.15) is 12.8 Å². The first-order valence-electron chi connectivity index (χ1n) is 5.71. The number of nitrogens with zero attached hydrogens (tertiary/aromatic N) is 1. The van der Waals surface area contributed by atoms with Crippen LogP contribution in [-0.4, -0.2) is 57.2 Å². The summed E-state index contributed by atoms with van der Waals surface area (Å²) in [5.74, 6) is 0.203. The molecule has 2 fully saturated rings. The van der Waals surface area contributed by atoms with E-state index >= 15 is 0 Å². The Morgan fingerprint density at radius 1 is 1.47 bits per heavy atom. The van der Waals surface area contributed by atoms with Gasteiger partial charge in [0.2, 0.25) is 15.9 Å². The van der Waals surface area contributed by atoms with Gasteiger partial charge in [0.15, 0.2) is 0 Å². The number of carbonyl (C=O) groups is 1. The molecule has 0 spiro atoms. The lowest BCUT2D eigenvalue weighted by Gasteiger charge is -2.16. The SMILES string of the molecule is CNC(=O)C[C@@H]1C[C@@H]2CN(S(C)(=O)=O)C[C@@H]2O1. The lowest BCUT2D eigenvalue weighted by Crippen LogP contribution is -2.31. The third-order valence-corrected chi connectivity index (χ3v) is 4.68. The molecular weight excluding hydrogens is 244 g/mol. The molecular formula is C10H18N2O4S. The third kappa shape index (κ3) is 2.78. The molecule has 17 heavy (non-hydrogen) atoms. The van der Waals surface area contributed by atoms with Gasteiger partial charge in [-0.25, -0.2) is 8.42 Å². The molecule has 2 heterocycles. The van der Waals surface area contributed by atoms with Crippen molar-refractivity contribution in [3.8, 4) is 0 Å². The second kappa shape index (κ2) is 4.55. The van der Waals surface area contributed by atoms with E-state index in [4.69, 9.17) is 4.74 Å². The highest BCUT2D eigenvalue weighted by Gasteiger charge is 2.44. The smallest absolute Gasteiger partial charge is 0.222 e. The molecule has 2 rings (SSSR count). The Balaban J connectivity index is 1.89. The molecule has 0 bridgehead atoms. The van der Waals surface area contributed by atoms with Gasteiger partial charge in [-0.1, -0.05) is 0 Å². The van der Waals surface area contributed by atoms with Crippen LogP contribution in [0.15, 0.2) is 0 Å². The molecule has 2 aliphatic heterocycles. The van der Waals surface area contributed by atoms with E-state index in [0.29, 0.717) is 19.5 Å². The van der Waals surface area contributed by atoms with Crippen LogP contribution >= 0.6 is 0 Å². The van der Waals surface area contributed by atoms with Crippen molar-refractivity contribution in [2.45, 2.75) is 25.0 Å². The van der Waals surface area contributed by atoms with Gasteiger partial charge in [0, 0.05) is 26.1 Å². The van der Waals surface area contributed by atoms with Gasteiger partial charge in [0.05, 0.1) is 24.9 Å². The second-order valence-corrected chi connectivity index (χ2v) is 6.73. The van der Waals surface area contributed by atoms with Crippen LogP contribution in [0, 0.1) is 5.92 Å². The number of hydrogen-bond donors (Lipinski definition) is 1. The van der Waals surface area contributed by atoms with Crippen molar-refractivity contribution in [1.82, 2.24) is 9.62 Å². The van der Waals surface area contributed by atoms with Gasteiger partial charge in [-0.3, -0.25) is 4.79 Å². The van der Waals surface area contributed by atoms with E-state index in [0.717, 1.165) is 6.42 Å². The molecule has 0 aliphatic carbocycles. The van der Waals surface area contributed by atoms with Crippen LogP contribution in [0.25, 0.3) is 0 Å². The van der Waals surface area contributed by atoms with E-state index in [1.54, 1.807) is 7.05 Å². The topological polar surface area (TPSA) is 75.7 Å². The largest absolute Gasteiger partial charge is 0.373 e. The summed E-state index contributed by atoms with van der Waals surface area (Å²) in [7, 11) is -1.52. The quantitative estimate of drug-likeness (QED) is 0.720. The van der Waals surface area contributed by atoms with Crippen molar-refractivity contribution >= 4 is 15.9 Å². The van der Waals surface area contributed by atoms with Crippen LogP contribution in [0.5, 0.6) is 0 Å². The fourth-order valence-corrected chi connectivity index (χ4v) is 3.42. The maximum atomic E-state index is 11.4. The summed E-state index contributed by atoms with van der Waals surface area (Å²) in [6.45, 7) is 0.946. The van der Waals surface area contributed by atoms with Crippen molar-refractivity contribution in [2.24, 2.45) is 5.92 Å². The van der Waals surface area contributed by atoms with Crippen LogP contribution < -0.4 is 5.32 Å². The summed E-state index contributed by atoms with van der Waals surface area (Å²) in [5.41, 5.74) is 0. The Labute approximate surface area is 101 Å². The highest BCUT2D eigenvalue weighted by atomic mass is 32.2. The van der Waals surface area contributed by atoms with Crippen molar-refractivity contribution in [3.05, 3.63) is 0 Å². The lowest BCUT2D eigenvalue weighted by molar-refractivity contribution is -0.123. The maximum absolute atomic E-state index is 11.4. The molecule has 98 valence electrons. The first kappa shape index (κ1) is 12.8. The zero-order chi connectivity index (χ0) is 12.6. The van der Waals surface area contributed by atoms with Gasteiger partial charge >= 0.3 is 0 Å². The highest BCUT2D eigenvalue weighted by Crippen LogP contribution is 2.34. The molecule has 0 aromatic heterocycles. The number of rotatable bonds is 3. The summed E-state index contributed by atoms with van der Waals surface area (Å²) in [4.78, 5) is 11.2. The zero-order valence-electron chi connectivity index (χ0n) is 10.0. The molecule has 2 aliphatic rings. The number of amides is 1. The molecule has 6 nitrogen and oxygen atoms in total. The average Bonchev–Trinajstić information content (AvgIpc) is 2.73. The molecule has 7 heteroatoms. The van der Waals surface area contributed by atoms with Crippen molar-refractivity contribution < 1.29 is 17.9 Å².